The Morgan fingerprint density at radius 2 is 1.07 bits per heavy atom. The van der Waals surface area contributed by atoms with E-state index in [2.05, 4.69) is 0 Å². The summed E-state index contributed by atoms with van der Waals surface area (Å²) in [6.07, 6.45) is -2.04. The summed E-state index contributed by atoms with van der Waals surface area (Å²) in [4.78, 5) is 13.3. The number of ether oxygens (including phenoxy) is 5. The highest BCUT2D eigenvalue weighted by atomic mass is 16.6. The van der Waals surface area contributed by atoms with Crippen molar-refractivity contribution in [1.82, 2.24) is 0 Å². The lowest BCUT2D eigenvalue weighted by atomic mass is 9.92. The summed E-state index contributed by atoms with van der Waals surface area (Å²) >= 11 is 0. The third kappa shape index (κ3) is 8.14. The van der Waals surface area contributed by atoms with Crippen molar-refractivity contribution in [1.29, 1.82) is 0 Å². The molecule has 6 heteroatoms. The van der Waals surface area contributed by atoms with Gasteiger partial charge in [0.1, 0.15) is 18.3 Å². The lowest BCUT2D eigenvalue weighted by Crippen LogP contribution is -2.61. The second kappa shape index (κ2) is 15.4. The van der Waals surface area contributed by atoms with Crippen LogP contribution in [0.3, 0.4) is 0 Å². The molecule has 0 amide bonds. The minimum Gasteiger partial charge on any atom is -0.453 e. The van der Waals surface area contributed by atoms with Gasteiger partial charge in [-0.2, -0.15) is 0 Å². The third-order valence-electron chi connectivity index (χ3n) is 7.35. The molecule has 0 radical (unpaired) electrons. The number of esters is 1. The molecule has 0 unspecified atom stereocenters. The molecule has 0 spiro atoms. The fourth-order valence-corrected chi connectivity index (χ4v) is 5.15. The van der Waals surface area contributed by atoms with E-state index in [4.69, 9.17) is 23.7 Å². The average Bonchev–Trinajstić information content (AvgIpc) is 3.05. The molecule has 0 saturated carbocycles. The fraction of sp³-hybridized carbons (Fsp3) is 0.306. The number of carbonyl (C=O) groups excluding carboxylic acids is 1. The highest BCUT2D eigenvalue weighted by Gasteiger charge is 2.49. The van der Waals surface area contributed by atoms with Gasteiger partial charge in [-0.1, -0.05) is 116 Å². The van der Waals surface area contributed by atoms with Gasteiger partial charge >= 0.3 is 5.97 Å². The first kappa shape index (κ1) is 29.7. The van der Waals surface area contributed by atoms with Crippen molar-refractivity contribution in [2.75, 3.05) is 6.61 Å². The summed E-state index contributed by atoms with van der Waals surface area (Å²) in [5.41, 5.74) is 3.60. The van der Waals surface area contributed by atoms with E-state index < -0.39 is 36.5 Å². The second-order valence-electron chi connectivity index (χ2n) is 10.4. The standard InChI is InChI=1S/C36H38O6/c1-2-31-34(42-36(37)30-21-13-6-14-22-30)35(40-25-29-19-11-5-12-20-29)33(39-24-28-17-9-4-10-18-28)32(41-31)26-38-23-27-15-7-3-8-16-27/h3-22,31-35H,2,23-26H2,1H3/t31-,32+,33-,34-,35-/m0/s1. The Kier molecular flexibility index (Phi) is 10.9. The summed E-state index contributed by atoms with van der Waals surface area (Å²) in [7, 11) is 0. The number of benzene rings is 4. The Bertz CT molecular complexity index is 1330. The Balaban J connectivity index is 1.41. The maximum Gasteiger partial charge on any atom is 0.338 e. The van der Waals surface area contributed by atoms with Gasteiger partial charge in [0, 0.05) is 0 Å². The van der Waals surface area contributed by atoms with E-state index in [0.717, 1.165) is 16.7 Å². The van der Waals surface area contributed by atoms with Gasteiger partial charge in [0.15, 0.2) is 6.10 Å². The topological polar surface area (TPSA) is 63.2 Å². The van der Waals surface area contributed by atoms with Crippen molar-refractivity contribution >= 4 is 5.97 Å². The fourth-order valence-electron chi connectivity index (χ4n) is 5.15. The molecule has 0 aromatic heterocycles. The molecule has 1 heterocycles. The molecule has 218 valence electrons. The van der Waals surface area contributed by atoms with E-state index in [9.17, 15) is 4.79 Å². The van der Waals surface area contributed by atoms with E-state index in [1.165, 1.54) is 0 Å². The predicted octanol–water partition coefficient (Wildman–Crippen LogP) is 6.78. The Morgan fingerprint density at radius 1 is 0.595 bits per heavy atom. The lowest BCUT2D eigenvalue weighted by molar-refractivity contribution is -0.260. The molecule has 0 N–H and O–H groups in total. The maximum atomic E-state index is 13.3. The average molecular weight is 567 g/mol. The molecule has 4 aromatic carbocycles. The van der Waals surface area contributed by atoms with E-state index in [0.29, 0.717) is 38.4 Å². The van der Waals surface area contributed by atoms with Crippen LogP contribution in [0, 0.1) is 0 Å². The first-order valence-corrected chi connectivity index (χ1v) is 14.6. The lowest BCUT2D eigenvalue weighted by Gasteiger charge is -2.45. The molecule has 4 aromatic rings. The zero-order chi connectivity index (χ0) is 29.0. The summed E-state index contributed by atoms with van der Waals surface area (Å²) < 4.78 is 32.1. The largest absolute Gasteiger partial charge is 0.453 e. The monoisotopic (exact) mass is 566 g/mol. The molecule has 6 nitrogen and oxygen atoms in total. The van der Waals surface area contributed by atoms with Crippen LogP contribution >= 0.6 is 0 Å². The van der Waals surface area contributed by atoms with Crippen LogP contribution in [0.2, 0.25) is 0 Å². The number of hydrogen-bond acceptors (Lipinski definition) is 6. The van der Waals surface area contributed by atoms with Gasteiger partial charge in [-0.25, -0.2) is 4.79 Å². The van der Waals surface area contributed by atoms with Crippen molar-refractivity contribution < 1.29 is 28.5 Å². The highest BCUT2D eigenvalue weighted by molar-refractivity contribution is 5.89. The minimum atomic E-state index is -0.683. The van der Waals surface area contributed by atoms with E-state index in [1.807, 2.05) is 116 Å². The first-order chi connectivity index (χ1) is 20.7. The van der Waals surface area contributed by atoms with Crippen LogP contribution in [0.1, 0.15) is 40.4 Å². The molecule has 1 fully saturated rings. The predicted molar refractivity (Wildman–Crippen MR) is 161 cm³/mol. The smallest absolute Gasteiger partial charge is 0.338 e. The van der Waals surface area contributed by atoms with Crippen molar-refractivity contribution in [3.8, 4) is 0 Å². The highest BCUT2D eigenvalue weighted by Crippen LogP contribution is 2.32. The van der Waals surface area contributed by atoms with Crippen molar-refractivity contribution in [2.24, 2.45) is 0 Å². The van der Waals surface area contributed by atoms with E-state index in [-0.39, 0.29) is 0 Å². The SMILES string of the molecule is CC[C@@H]1O[C@H](COCc2ccccc2)[C@H](OCc2ccccc2)[C@H](OCc2ccccc2)[C@H]1OC(=O)c1ccccc1. The van der Waals surface area contributed by atoms with Crippen LogP contribution in [-0.2, 0) is 43.5 Å². The van der Waals surface area contributed by atoms with Crippen molar-refractivity contribution in [2.45, 2.75) is 63.7 Å². The van der Waals surface area contributed by atoms with E-state index in [1.54, 1.807) is 12.1 Å². The molecule has 0 bridgehead atoms. The zero-order valence-corrected chi connectivity index (χ0v) is 23.9. The van der Waals surface area contributed by atoms with Gasteiger partial charge in [0.05, 0.1) is 38.1 Å². The molecule has 5 atom stereocenters. The van der Waals surface area contributed by atoms with Crippen LogP contribution < -0.4 is 0 Å². The Hall–Kier alpha value is -3.81. The van der Waals surface area contributed by atoms with Crippen LogP contribution in [0.4, 0.5) is 0 Å². The summed E-state index contributed by atoms with van der Waals surface area (Å²) in [5, 5.41) is 0. The van der Waals surface area contributed by atoms with Crippen molar-refractivity contribution in [3.63, 3.8) is 0 Å². The van der Waals surface area contributed by atoms with Gasteiger partial charge in [-0.15, -0.1) is 0 Å². The minimum absolute atomic E-state index is 0.301. The Labute approximate surface area is 248 Å². The quantitative estimate of drug-likeness (QED) is 0.166. The van der Waals surface area contributed by atoms with Crippen molar-refractivity contribution in [3.05, 3.63) is 144 Å². The molecule has 1 saturated heterocycles. The van der Waals surface area contributed by atoms with Crippen LogP contribution in [0.15, 0.2) is 121 Å². The van der Waals surface area contributed by atoms with Crippen LogP contribution in [-0.4, -0.2) is 43.1 Å². The van der Waals surface area contributed by atoms with Gasteiger partial charge in [-0.05, 0) is 35.2 Å². The Morgan fingerprint density at radius 3 is 1.60 bits per heavy atom. The molecule has 1 aliphatic rings. The number of carbonyl (C=O) groups is 1. The first-order valence-electron chi connectivity index (χ1n) is 14.6. The van der Waals surface area contributed by atoms with Gasteiger partial charge in [0.25, 0.3) is 0 Å². The normalized spacial score (nSPS) is 22.0. The maximum absolute atomic E-state index is 13.3. The molecule has 42 heavy (non-hydrogen) atoms. The molecule has 1 aliphatic heterocycles. The van der Waals surface area contributed by atoms with E-state index >= 15 is 0 Å². The zero-order valence-electron chi connectivity index (χ0n) is 23.9. The van der Waals surface area contributed by atoms with Gasteiger partial charge < -0.3 is 23.7 Å². The van der Waals surface area contributed by atoms with Crippen LogP contribution in [0.25, 0.3) is 0 Å². The molecular weight excluding hydrogens is 528 g/mol. The molecule has 0 aliphatic carbocycles. The second-order valence-corrected chi connectivity index (χ2v) is 10.4. The summed E-state index contributed by atoms with van der Waals surface area (Å²) in [5.74, 6) is -0.420. The summed E-state index contributed by atoms with van der Waals surface area (Å²) in [6.45, 7) is 3.46. The third-order valence-corrected chi connectivity index (χ3v) is 7.35. The molecule has 5 rings (SSSR count). The number of hydrogen-bond donors (Lipinski definition) is 0. The number of rotatable bonds is 13. The summed E-state index contributed by atoms with van der Waals surface area (Å²) in [6, 6.07) is 39.0. The van der Waals surface area contributed by atoms with Gasteiger partial charge in [0.2, 0.25) is 0 Å². The van der Waals surface area contributed by atoms with Gasteiger partial charge in [-0.3, -0.25) is 0 Å². The van der Waals surface area contributed by atoms with Crippen LogP contribution in [0.5, 0.6) is 0 Å². The molecular formula is C36H38O6.